The standard InChI is InChI=1S/C17H24N2O3/c20-17(19-7-4-10-21-11-9-19)16-14-18(8-12-22-16)13-15-5-2-1-3-6-15/h1-3,5-6,16H,4,7-14H2/t16-/m1/s1. The van der Waals surface area contributed by atoms with Crippen LogP contribution in [-0.4, -0.2) is 67.8 Å². The largest absolute Gasteiger partial charge is 0.380 e. The van der Waals surface area contributed by atoms with E-state index in [9.17, 15) is 4.79 Å². The van der Waals surface area contributed by atoms with Gasteiger partial charge in [0, 0.05) is 39.3 Å². The minimum atomic E-state index is -0.337. The molecule has 1 atom stereocenters. The zero-order chi connectivity index (χ0) is 15.2. The van der Waals surface area contributed by atoms with Gasteiger partial charge in [-0.3, -0.25) is 9.69 Å². The van der Waals surface area contributed by atoms with E-state index in [1.807, 2.05) is 11.0 Å². The Hall–Kier alpha value is -1.43. The smallest absolute Gasteiger partial charge is 0.253 e. The number of morpholine rings is 1. The van der Waals surface area contributed by atoms with Gasteiger partial charge in [-0.2, -0.15) is 0 Å². The predicted octanol–water partition coefficient (Wildman–Crippen LogP) is 1.14. The molecule has 2 heterocycles. The highest BCUT2D eigenvalue weighted by atomic mass is 16.5. The van der Waals surface area contributed by atoms with Gasteiger partial charge in [-0.15, -0.1) is 0 Å². The van der Waals surface area contributed by atoms with Gasteiger partial charge in [0.25, 0.3) is 5.91 Å². The van der Waals surface area contributed by atoms with E-state index in [0.717, 1.165) is 32.7 Å². The Kier molecular flexibility index (Phi) is 5.43. The van der Waals surface area contributed by atoms with Crippen molar-refractivity contribution in [3.8, 4) is 0 Å². The number of hydrogen-bond acceptors (Lipinski definition) is 4. The summed E-state index contributed by atoms with van der Waals surface area (Å²) in [6.45, 7) is 5.87. The first kappa shape index (κ1) is 15.5. The van der Waals surface area contributed by atoms with Crippen LogP contribution in [0.3, 0.4) is 0 Å². The van der Waals surface area contributed by atoms with Gasteiger partial charge in [-0.05, 0) is 12.0 Å². The molecule has 0 spiro atoms. The highest BCUT2D eigenvalue weighted by Gasteiger charge is 2.30. The van der Waals surface area contributed by atoms with E-state index in [0.29, 0.717) is 26.3 Å². The maximum atomic E-state index is 12.6. The average Bonchev–Trinajstić information content (AvgIpc) is 2.85. The molecule has 0 N–H and O–H groups in total. The summed E-state index contributed by atoms with van der Waals surface area (Å²) in [5.74, 6) is 0.114. The first-order valence-electron chi connectivity index (χ1n) is 8.07. The lowest BCUT2D eigenvalue weighted by Gasteiger charge is -2.34. The van der Waals surface area contributed by atoms with Gasteiger partial charge in [0.2, 0.25) is 0 Å². The van der Waals surface area contributed by atoms with Crippen LogP contribution in [0.25, 0.3) is 0 Å². The average molecular weight is 304 g/mol. The number of amides is 1. The summed E-state index contributed by atoms with van der Waals surface area (Å²) in [5, 5.41) is 0. The van der Waals surface area contributed by atoms with Crippen molar-refractivity contribution in [2.75, 3.05) is 46.0 Å². The number of ether oxygens (including phenoxy) is 2. The third kappa shape index (κ3) is 4.06. The molecular weight excluding hydrogens is 280 g/mol. The Morgan fingerprint density at radius 3 is 2.82 bits per heavy atom. The molecule has 2 aliphatic rings. The molecule has 5 heteroatoms. The quantitative estimate of drug-likeness (QED) is 0.840. The summed E-state index contributed by atoms with van der Waals surface area (Å²) in [6.07, 6.45) is 0.571. The number of benzene rings is 1. The SMILES string of the molecule is O=C([C@H]1CN(Cc2ccccc2)CCO1)N1CCCOCC1. The first-order chi connectivity index (χ1) is 10.8. The van der Waals surface area contributed by atoms with E-state index >= 15 is 0 Å². The summed E-state index contributed by atoms with van der Waals surface area (Å²) in [7, 11) is 0. The fourth-order valence-corrected chi connectivity index (χ4v) is 3.01. The Bertz CT molecular complexity index is 472. The molecule has 2 fully saturated rings. The van der Waals surface area contributed by atoms with Crippen LogP contribution in [0.5, 0.6) is 0 Å². The van der Waals surface area contributed by atoms with Crippen molar-refractivity contribution in [2.45, 2.75) is 19.1 Å². The lowest BCUT2D eigenvalue weighted by atomic mass is 10.1. The zero-order valence-corrected chi connectivity index (χ0v) is 12.9. The number of carbonyl (C=O) groups is 1. The Labute approximate surface area is 131 Å². The van der Waals surface area contributed by atoms with Gasteiger partial charge in [-0.1, -0.05) is 30.3 Å². The summed E-state index contributed by atoms with van der Waals surface area (Å²) in [6, 6.07) is 10.4. The fraction of sp³-hybridized carbons (Fsp3) is 0.588. The number of rotatable bonds is 3. The molecule has 0 aliphatic carbocycles. The molecule has 3 rings (SSSR count). The number of carbonyl (C=O) groups excluding carboxylic acids is 1. The lowest BCUT2D eigenvalue weighted by molar-refractivity contribution is -0.149. The third-order valence-electron chi connectivity index (χ3n) is 4.21. The second-order valence-electron chi connectivity index (χ2n) is 5.87. The van der Waals surface area contributed by atoms with E-state index in [4.69, 9.17) is 9.47 Å². The Balaban J connectivity index is 1.56. The summed E-state index contributed by atoms with van der Waals surface area (Å²) in [5.41, 5.74) is 1.28. The maximum Gasteiger partial charge on any atom is 0.253 e. The van der Waals surface area contributed by atoms with E-state index in [-0.39, 0.29) is 12.0 Å². The molecule has 2 saturated heterocycles. The van der Waals surface area contributed by atoms with Crippen LogP contribution in [0, 0.1) is 0 Å². The van der Waals surface area contributed by atoms with Gasteiger partial charge < -0.3 is 14.4 Å². The molecule has 0 bridgehead atoms. The van der Waals surface area contributed by atoms with E-state index in [1.165, 1.54) is 5.56 Å². The minimum absolute atomic E-state index is 0.114. The molecule has 0 saturated carbocycles. The molecular formula is C17H24N2O3. The molecule has 0 aromatic heterocycles. The molecule has 0 radical (unpaired) electrons. The van der Waals surface area contributed by atoms with Gasteiger partial charge in [0.15, 0.2) is 0 Å². The van der Waals surface area contributed by atoms with Crippen molar-refractivity contribution < 1.29 is 14.3 Å². The molecule has 2 aliphatic heterocycles. The minimum Gasteiger partial charge on any atom is -0.380 e. The number of hydrogen-bond donors (Lipinski definition) is 0. The zero-order valence-electron chi connectivity index (χ0n) is 12.9. The van der Waals surface area contributed by atoms with Crippen LogP contribution in [-0.2, 0) is 20.8 Å². The van der Waals surface area contributed by atoms with Crippen molar-refractivity contribution in [1.29, 1.82) is 0 Å². The molecule has 1 aromatic carbocycles. The molecule has 5 nitrogen and oxygen atoms in total. The third-order valence-corrected chi connectivity index (χ3v) is 4.21. The highest BCUT2D eigenvalue weighted by Crippen LogP contribution is 2.13. The summed E-state index contributed by atoms with van der Waals surface area (Å²) < 4.78 is 11.1. The van der Waals surface area contributed by atoms with E-state index in [1.54, 1.807) is 0 Å². The van der Waals surface area contributed by atoms with Gasteiger partial charge in [0.1, 0.15) is 6.10 Å². The molecule has 1 aromatic rings. The number of nitrogens with zero attached hydrogens (tertiary/aromatic N) is 2. The first-order valence-corrected chi connectivity index (χ1v) is 8.07. The van der Waals surface area contributed by atoms with Crippen molar-refractivity contribution in [1.82, 2.24) is 9.80 Å². The van der Waals surface area contributed by atoms with Crippen molar-refractivity contribution in [2.24, 2.45) is 0 Å². The van der Waals surface area contributed by atoms with Crippen LogP contribution >= 0.6 is 0 Å². The van der Waals surface area contributed by atoms with Gasteiger partial charge >= 0.3 is 0 Å². The molecule has 22 heavy (non-hydrogen) atoms. The summed E-state index contributed by atoms with van der Waals surface area (Å²) in [4.78, 5) is 16.8. The Morgan fingerprint density at radius 2 is 1.95 bits per heavy atom. The van der Waals surface area contributed by atoms with Crippen molar-refractivity contribution in [3.05, 3.63) is 35.9 Å². The van der Waals surface area contributed by atoms with Crippen LogP contribution in [0.1, 0.15) is 12.0 Å². The van der Waals surface area contributed by atoms with Crippen LogP contribution in [0.2, 0.25) is 0 Å². The van der Waals surface area contributed by atoms with Crippen LogP contribution in [0.4, 0.5) is 0 Å². The normalized spacial score (nSPS) is 24.0. The highest BCUT2D eigenvalue weighted by molar-refractivity contribution is 5.81. The van der Waals surface area contributed by atoms with Crippen molar-refractivity contribution >= 4 is 5.91 Å². The van der Waals surface area contributed by atoms with Crippen molar-refractivity contribution in [3.63, 3.8) is 0 Å². The van der Waals surface area contributed by atoms with E-state index in [2.05, 4.69) is 29.2 Å². The second-order valence-corrected chi connectivity index (χ2v) is 5.87. The van der Waals surface area contributed by atoms with Gasteiger partial charge in [-0.25, -0.2) is 0 Å². The topological polar surface area (TPSA) is 42.0 Å². The van der Waals surface area contributed by atoms with Crippen LogP contribution in [0.15, 0.2) is 30.3 Å². The Morgan fingerprint density at radius 1 is 1.09 bits per heavy atom. The summed E-state index contributed by atoms with van der Waals surface area (Å²) >= 11 is 0. The second kappa shape index (κ2) is 7.72. The van der Waals surface area contributed by atoms with Gasteiger partial charge in [0.05, 0.1) is 13.2 Å². The lowest BCUT2D eigenvalue weighted by Crippen LogP contribution is -2.51. The maximum absolute atomic E-state index is 12.6. The molecule has 1 amide bonds. The predicted molar refractivity (Wildman–Crippen MR) is 83.5 cm³/mol. The monoisotopic (exact) mass is 304 g/mol. The van der Waals surface area contributed by atoms with E-state index < -0.39 is 0 Å². The fourth-order valence-electron chi connectivity index (χ4n) is 3.01. The molecule has 120 valence electrons. The molecule has 0 unspecified atom stereocenters. The van der Waals surface area contributed by atoms with Crippen LogP contribution < -0.4 is 0 Å².